The number of para-hydroxylation sites is 1. The molecule has 7 rings (SSSR count). The van der Waals surface area contributed by atoms with Crippen LogP contribution in [0.1, 0.15) is 54.8 Å². The van der Waals surface area contributed by atoms with E-state index in [1.165, 1.54) is 27.3 Å². The highest BCUT2D eigenvalue weighted by molar-refractivity contribution is 7.93. The third-order valence-corrected chi connectivity index (χ3v) is 11.7. The average Bonchev–Trinajstić information content (AvgIpc) is 3.98. The van der Waals surface area contributed by atoms with Gasteiger partial charge in [0.15, 0.2) is 5.82 Å². The highest BCUT2D eigenvalue weighted by Crippen LogP contribution is 2.49. The van der Waals surface area contributed by atoms with E-state index in [1.54, 1.807) is 42.3 Å². The first-order valence-electron chi connectivity index (χ1n) is 15.6. The molecule has 4 atom stereocenters. The zero-order valence-electron chi connectivity index (χ0n) is 25.5. The summed E-state index contributed by atoms with van der Waals surface area (Å²) in [4.78, 5) is 17.9. The zero-order valence-corrected chi connectivity index (χ0v) is 27.8. The molecule has 1 aliphatic heterocycles. The molecule has 0 N–H and O–H groups in total. The van der Waals surface area contributed by atoms with Crippen LogP contribution < -0.4 is 4.31 Å². The minimum atomic E-state index is -3.92. The van der Waals surface area contributed by atoms with E-state index < -0.39 is 45.4 Å². The summed E-state index contributed by atoms with van der Waals surface area (Å²) in [6, 6.07) is 19.0. The van der Waals surface area contributed by atoms with Gasteiger partial charge >= 0.3 is 0 Å². The van der Waals surface area contributed by atoms with Crippen LogP contribution in [-0.4, -0.2) is 63.4 Å². The van der Waals surface area contributed by atoms with Gasteiger partial charge in [0.1, 0.15) is 18.0 Å². The van der Waals surface area contributed by atoms with Crippen molar-refractivity contribution >= 4 is 44.8 Å². The number of halogens is 3. The van der Waals surface area contributed by atoms with Gasteiger partial charge < -0.3 is 9.64 Å². The van der Waals surface area contributed by atoms with Crippen molar-refractivity contribution in [2.75, 3.05) is 10.8 Å². The van der Waals surface area contributed by atoms with E-state index in [9.17, 15) is 13.2 Å². The number of hydrogen-bond donors (Lipinski definition) is 0. The summed E-state index contributed by atoms with van der Waals surface area (Å²) < 4.78 is 51.2. The molecule has 4 aromatic rings. The number of carbonyl (C=O) groups is 1. The Labute approximate surface area is 282 Å². The van der Waals surface area contributed by atoms with Crippen LogP contribution in [0.25, 0.3) is 0 Å². The molecule has 2 aliphatic carbocycles. The van der Waals surface area contributed by atoms with Crippen LogP contribution in [0.15, 0.2) is 72.8 Å². The van der Waals surface area contributed by atoms with Gasteiger partial charge in [0.25, 0.3) is 5.91 Å². The summed E-state index contributed by atoms with van der Waals surface area (Å²) in [6.07, 6.45) is 0.907. The van der Waals surface area contributed by atoms with Gasteiger partial charge in [-0.3, -0.25) is 9.10 Å². The largest absolute Gasteiger partial charge is 0.357 e. The number of nitrogens with zero attached hydrogens (tertiary/aromatic N) is 6. The second kappa shape index (κ2) is 12.8. The fraction of sp³-hybridized carbons (Fsp3) is 0.394. The Balaban J connectivity index is 1.37. The van der Waals surface area contributed by atoms with E-state index in [0.29, 0.717) is 28.7 Å². The van der Waals surface area contributed by atoms with E-state index in [-0.39, 0.29) is 30.5 Å². The first-order valence-corrected chi connectivity index (χ1v) is 17.8. The summed E-state index contributed by atoms with van der Waals surface area (Å²) in [5.74, 6) is -0.680. The quantitative estimate of drug-likeness (QED) is 0.198. The van der Waals surface area contributed by atoms with Crippen molar-refractivity contribution < 1.29 is 22.3 Å². The molecule has 1 saturated heterocycles. The van der Waals surface area contributed by atoms with Crippen molar-refractivity contribution in [3.05, 3.63) is 106 Å². The molecule has 3 aromatic carbocycles. The maximum atomic E-state index is 15.4. The predicted octanol–water partition coefficient (Wildman–Crippen LogP) is 5.69. The molecular formula is C33H33Cl2FN6O4S. The van der Waals surface area contributed by atoms with Gasteiger partial charge in [-0.25, -0.2) is 12.8 Å². The predicted molar refractivity (Wildman–Crippen MR) is 175 cm³/mol. The van der Waals surface area contributed by atoms with Gasteiger partial charge in [-0.05, 0) is 84.3 Å². The lowest BCUT2D eigenvalue weighted by atomic mass is 9.89. The molecule has 0 bridgehead atoms. The van der Waals surface area contributed by atoms with Crippen molar-refractivity contribution in [1.29, 1.82) is 0 Å². The molecule has 2 saturated carbocycles. The molecule has 47 heavy (non-hydrogen) atoms. The zero-order chi connectivity index (χ0) is 32.9. The van der Waals surface area contributed by atoms with E-state index in [0.717, 1.165) is 24.0 Å². The highest BCUT2D eigenvalue weighted by Gasteiger charge is 2.52. The number of tetrazole rings is 1. The lowest BCUT2D eigenvalue weighted by molar-refractivity contribution is -0.179. The summed E-state index contributed by atoms with van der Waals surface area (Å²) in [5, 5.41) is 12.7. The van der Waals surface area contributed by atoms with Crippen molar-refractivity contribution in [1.82, 2.24) is 25.1 Å². The molecule has 1 amide bonds. The smallest absolute Gasteiger partial charge is 0.253 e. The molecular weight excluding hydrogens is 666 g/mol. The molecule has 1 aromatic heterocycles. The lowest BCUT2D eigenvalue weighted by Crippen LogP contribution is -2.59. The van der Waals surface area contributed by atoms with Crippen LogP contribution in [0.3, 0.4) is 0 Å². The number of benzene rings is 3. The summed E-state index contributed by atoms with van der Waals surface area (Å²) in [6.45, 7) is -0.112. The fourth-order valence-corrected chi connectivity index (χ4v) is 8.63. The normalized spacial score (nSPS) is 22.3. The van der Waals surface area contributed by atoms with E-state index in [2.05, 4.69) is 15.4 Å². The van der Waals surface area contributed by atoms with Crippen molar-refractivity contribution in [3.8, 4) is 0 Å². The molecule has 1 unspecified atom stereocenters. The van der Waals surface area contributed by atoms with Crippen LogP contribution in [0, 0.1) is 11.7 Å². The van der Waals surface area contributed by atoms with Gasteiger partial charge in [0.2, 0.25) is 10.0 Å². The van der Waals surface area contributed by atoms with Crippen molar-refractivity contribution in [2.24, 2.45) is 13.0 Å². The Morgan fingerprint density at radius 3 is 2.36 bits per heavy atom. The second-order valence-corrected chi connectivity index (χ2v) is 15.4. The number of carbonyl (C=O) groups excluding carboxylic acids is 1. The van der Waals surface area contributed by atoms with E-state index in [1.807, 2.05) is 24.3 Å². The SMILES string of the molecule is Cn1nnc(C[C@H]2O[C@H](c3cccc(Cl)c3)[C@@H](c3ccc(Cl)cc3)N(C(CN(c3ccccc3F)S(=O)(=O)C3CC3)C3CC3)C2=O)n1. The first-order chi connectivity index (χ1) is 22.6. The van der Waals surface area contributed by atoms with Crippen LogP contribution in [0.5, 0.6) is 0 Å². The fourth-order valence-electron chi connectivity index (χ4n) is 6.43. The Hall–Kier alpha value is -3.58. The summed E-state index contributed by atoms with van der Waals surface area (Å²) in [7, 11) is -2.28. The number of aryl methyl sites for hydroxylation is 1. The van der Waals surface area contributed by atoms with Crippen LogP contribution in [0.2, 0.25) is 10.0 Å². The Morgan fingerprint density at radius 1 is 0.979 bits per heavy atom. The molecule has 2 heterocycles. The summed E-state index contributed by atoms with van der Waals surface area (Å²) in [5.41, 5.74) is 1.45. The van der Waals surface area contributed by atoms with Crippen LogP contribution in [0.4, 0.5) is 10.1 Å². The summed E-state index contributed by atoms with van der Waals surface area (Å²) >= 11 is 12.8. The second-order valence-electron chi connectivity index (χ2n) is 12.4. The van der Waals surface area contributed by atoms with Gasteiger partial charge in [-0.15, -0.1) is 10.2 Å². The molecule has 246 valence electrons. The third-order valence-electron chi connectivity index (χ3n) is 8.98. The van der Waals surface area contributed by atoms with Crippen LogP contribution >= 0.6 is 23.2 Å². The first kappa shape index (κ1) is 32.0. The van der Waals surface area contributed by atoms with Crippen molar-refractivity contribution in [3.63, 3.8) is 0 Å². The number of hydrogen-bond acceptors (Lipinski definition) is 7. The minimum absolute atomic E-state index is 0.0224. The number of amides is 1. The maximum absolute atomic E-state index is 15.4. The number of morpholine rings is 1. The van der Waals surface area contributed by atoms with Crippen LogP contribution in [-0.2, 0) is 33.0 Å². The molecule has 3 fully saturated rings. The van der Waals surface area contributed by atoms with Gasteiger partial charge in [-0.1, -0.05) is 59.6 Å². The number of anilines is 1. The standard InChI is InChI=1S/C33H33Cl2FN6O4S/c1-40-38-30(37-39-40)18-29-33(43)42(31(21-11-13-23(34)14-12-21)32(46-29)22-5-4-6-24(35)17-22)28(20-9-10-20)19-41(47(44,45)25-15-16-25)27-8-3-2-7-26(27)36/h2-8,11-14,17,20,25,28-29,31-32H,9-10,15-16,18-19H2,1H3/t28?,29-,31-,32-/m1/s1. The number of ether oxygens (including phenoxy) is 1. The van der Waals surface area contributed by atoms with Gasteiger partial charge in [0, 0.05) is 16.5 Å². The van der Waals surface area contributed by atoms with Gasteiger partial charge in [-0.2, -0.15) is 4.80 Å². The Bertz CT molecular complexity index is 1890. The molecule has 10 nitrogen and oxygen atoms in total. The number of sulfonamides is 1. The third kappa shape index (κ3) is 6.61. The highest BCUT2D eigenvalue weighted by atomic mass is 35.5. The van der Waals surface area contributed by atoms with E-state index >= 15 is 4.39 Å². The number of aromatic nitrogens is 4. The van der Waals surface area contributed by atoms with Crippen molar-refractivity contribution in [2.45, 2.75) is 61.6 Å². The maximum Gasteiger partial charge on any atom is 0.253 e. The number of rotatable bonds is 11. The topological polar surface area (TPSA) is 111 Å². The Morgan fingerprint density at radius 2 is 1.72 bits per heavy atom. The molecule has 14 heteroatoms. The lowest BCUT2D eigenvalue weighted by Gasteiger charge is -2.49. The molecule has 0 radical (unpaired) electrons. The minimum Gasteiger partial charge on any atom is -0.357 e. The molecule has 0 spiro atoms. The molecule has 3 aliphatic rings. The van der Waals surface area contributed by atoms with Gasteiger partial charge in [0.05, 0.1) is 36.6 Å². The average molecular weight is 700 g/mol. The Kier molecular flexibility index (Phi) is 8.71. The van der Waals surface area contributed by atoms with E-state index in [4.69, 9.17) is 27.9 Å². The monoisotopic (exact) mass is 698 g/mol.